The molecular weight excluding hydrogens is 262 g/mol. The van der Waals surface area contributed by atoms with Crippen LogP contribution < -0.4 is 0 Å². The largest absolute Gasteiger partial charge is 0.249 e. The quantitative estimate of drug-likeness (QED) is 0.768. The minimum Gasteiger partial charge on any atom is -0.249 e. The van der Waals surface area contributed by atoms with Gasteiger partial charge in [0.2, 0.25) is 0 Å². The SMILES string of the molecule is Brc1ncccc1CCCc1ccccc1. The number of hydrogen-bond acceptors (Lipinski definition) is 1. The van der Waals surface area contributed by atoms with Crippen molar-refractivity contribution in [3.8, 4) is 0 Å². The lowest BCUT2D eigenvalue weighted by Gasteiger charge is -2.03. The van der Waals surface area contributed by atoms with E-state index >= 15 is 0 Å². The maximum absolute atomic E-state index is 4.22. The monoisotopic (exact) mass is 275 g/mol. The molecule has 0 aliphatic carbocycles. The van der Waals surface area contributed by atoms with Crippen molar-refractivity contribution < 1.29 is 0 Å². The van der Waals surface area contributed by atoms with E-state index in [4.69, 9.17) is 0 Å². The van der Waals surface area contributed by atoms with E-state index in [0.29, 0.717) is 0 Å². The highest BCUT2D eigenvalue weighted by Gasteiger charge is 1.99. The number of rotatable bonds is 4. The van der Waals surface area contributed by atoms with Crippen LogP contribution in [0.3, 0.4) is 0 Å². The first-order chi connectivity index (χ1) is 7.86. The molecule has 0 amide bonds. The van der Waals surface area contributed by atoms with Crippen molar-refractivity contribution in [1.82, 2.24) is 4.98 Å². The smallest absolute Gasteiger partial charge is 0.109 e. The standard InChI is InChI=1S/C14H14BrN/c15-14-13(10-5-11-16-14)9-4-8-12-6-2-1-3-7-12/h1-3,5-7,10-11H,4,8-9H2. The van der Waals surface area contributed by atoms with Crippen molar-refractivity contribution in [3.63, 3.8) is 0 Å². The number of aryl methyl sites for hydroxylation is 2. The van der Waals surface area contributed by atoms with Gasteiger partial charge in [0.05, 0.1) is 0 Å². The average Bonchev–Trinajstić information content (AvgIpc) is 2.33. The Morgan fingerprint density at radius 1 is 0.938 bits per heavy atom. The van der Waals surface area contributed by atoms with Crippen LogP contribution in [0.25, 0.3) is 0 Å². The number of hydrogen-bond donors (Lipinski definition) is 0. The number of aromatic nitrogens is 1. The summed E-state index contributed by atoms with van der Waals surface area (Å²) in [6.45, 7) is 0. The van der Waals surface area contributed by atoms with Gasteiger partial charge in [0.1, 0.15) is 4.60 Å². The number of halogens is 1. The van der Waals surface area contributed by atoms with E-state index in [1.807, 2.05) is 12.3 Å². The summed E-state index contributed by atoms with van der Waals surface area (Å²) in [4.78, 5) is 4.22. The zero-order valence-electron chi connectivity index (χ0n) is 9.07. The molecule has 1 aromatic carbocycles. The molecule has 1 aromatic heterocycles. The predicted octanol–water partition coefficient (Wildman–Crippen LogP) is 4.02. The van der Waals surface area contributed by atoms with E-state index in [9.17, 15) is 0 Å². The summed E-state index contributed by atoms with van der Waals surface area (Å²) in [6, 6.07) is 14.7. The van der Waals surface area contributed by atoms with Gasteiger partial charge in [-0.1, -0.05) is 36.4 Å². The van der Waals surface area contributed by atoms with Crippen LogP contribution >= 0.6 is 15.9 Å². The highest BCUT2D eigenvalue weighted by Crippen LogP contribution is 2.15. The minimum absolute atomic E-state index is 0.975. The van der Waals surface area contributed by atoms with Gasteiger partial charge >= 0.3 is 0 Å². The zero-order chi connectivity index (χ0) is 11.2. The Labute approximate surface area is 105 Å². The molecule has 0 atom stereocenters. The van der Waals surface area contributed by atoms with Crippen LogP contribution in [0.15, 0.2) is 53.3 Å². The molecule has 82 valence electrons. The minimum atomic E-state index is 0.975. The van der Waals surface area contributed by atoms with Gasteiger partial charge in [-0.3, -0.25) is 0 Å². The highest BCUT2D eigenvalue weighted by atomic mass is 79.9. The van der Waals surface area contributed by atoms with Gasteiger partial charge in [-0.2, -0.15) is 0 Å². The second-order valence-corrected chi connectivity index (χ2v) is 4.54. The van der Waals surface area contributed by atoms with E-state index in [-0.39, 0.29) is 0 Å². The van der Waals surface area contributed by atoms with Gasteiger partial charge in [-0.25, -0.2) is 4.98 Å². The van der Waals surface area contributed by atoms with E-state index in [2.05, 4.69) is 57.3 Å². The molecule has 1 heterocycles. The number of benzene rings is 1. The van der Waals surface area contributed by atoms with E-state index in [1.165, 1.54) is 11.1 Å². The molecule has 0 bridgehead atoms. The van der Waals surface area contributed by atoms with Crippen molar-refractivity contribution >= 4 is 15.9 Å². The Balaban J connectivity index is 1.87. The molecule has 0 N–H and O–H groups in total. The van der Waals surface area contributed by atoms with Crippen LogP contribution in [0, 0.1) is 0 Å². The fourth-order valence-corrected chi connectivity index (χ4v) is 2.18. The van der Waals surface area contributed by atoms with Gasteiger partial charge < -0.3 is 0 Å². The van der Waals surface area contributed by atoms with Crippen LogP contribution in [0.5, 0.6) is 0 Å². The highest BCUT2D eigenvalue weighted by molar-refractivity contribution is 9.10. The molecule has 2 heteroatoms. The Kier molecular flexibility index (Phi) is 4.11. The molecule has 0 aliphatic heterocycles. The Bertz CT molecular complexity index is 439. The molecule has 2 aromatic rings. The van der Waals surface area contributed by atoms with Gasteiger partial charge in [0.15, 0.2) is 0 Å². The third-order valence-electron chi connectivity index (χ3n) is 2.59. The molecule has 2 rings (SSSR count). The molecule has 0 unspecified atom stereocenters. The summed E-state index contributed by atoms with van der Waals surface area (Å²) < 4.78 is 0.975. The molecule has 16 heavy (non-hydrogen) atoms. The molecule has 1 nitrogen and oxygen atoms in total. The molecule has 0 saturated carbocycles. The van der Waals surface area contributed by atoms with Crippen molar-refractivity contribution in [2.45, 2.75) is 19.3 Å². The second-order valence-electron chi connectivity index (χ2n) is 3.79. The van der Waals surface area contributed by atoms with E-state index in [1.54, 1.807) is 0 Å². The van der Waals surface area contributed by atoms with Gasteiger partial charge in [-0.05, 0) is 52.4 Å². The van der Waals surface area contributed by atoms with Crippen LogP contribution in [0.1, 0.15) is 17.5 Å². The van der Waals surface area contributed by atoms with Crippen LogP contribution in [-0.2, 0) is 12.8 Å². The summed E-state index contributed by atoms with van der Waals surface area (Å²) >= 11 is 3.47. The summed E-state index contributed by atoms with van der Waals surface area (Å²) in [5.74, 6) is 0. The fraction of sp³-hybridized carbons (Fsp3) is 0.214. The summed E-state index contributed by atoms with van der Waals surface area (Å²) in [6.07, 6.45) is 5.17. The van der Waals surface area contributed by atoms with Crippen LogP contribution in [0.4, 0.5) is 0 Å². The van der Waals surface area contributed by atoms with E-state index in [0.717, 1.165) is 23.9 Å². The third-order valence-corrected chi connectivity index (χ3v) is 3.30. The van der Waals surface area contributed by atoms with Crippen LogP contribution in [0.2, 0.25) is 0 Å². The van der Waals surface area contributed by atoms with Crippen molar-refractivity contribution in [2.75, 3.05) is 0 Å². The van der Waals surface area contributed by atoms with Crippen molar-refractivity contribution in [1.29, 1.82) is 0 Å². The molecule has 0 aliphatic rings. The van der Waals surface area contributed by atoms with Gasteiger partial charge in [0.25, 0.3) is 0 Å². The molecular formula is C14H14BrN. The third kappa shape index (κ3) is 3.17. The first-order valence-electron chi connectivity index (χ1n) is 5.49. The van der Waals surface area contributed by atoms with Crippen LogP contribution in [-0.4, -0.2) is 4.98 Å². The fourth-order valence-electron chi connectivity index (χ4n) is 1.73. The predicted molar refractivity (Wildman–Crippen MR) is 70.4 cm³/mol. The first kappa shape index (κ1) is 11.3. The normalized spacial score (nSPS) is 10.3. The summed E-state index contributed by atoms with van der Waals surface area (Å²) in [5, 5.41) is 0. The Morgan fingerprint density at radius 3 is 2.50 bits per heavy atom. The lowest BCUT2D eigenvalue weighted by Crippen LogP contribution is -1.92. The Hall–Kier alpha value is -1.15. The maximum Gasteiger partial charge on any atom is 0.109 e. The summed E-state index contributed by atoms with van der Waals surface area (Å²) in [7, 11) is 0. The first-order valence-corrected chi connectivity index (χ1v) is 6.29. The van der Waals surface area contributed by atoms with E-state index < -0.39 is 0 Å². The van der Waals surface area contributed by atoms with Crippen molar-refractivity contribution in [2.24, 2.45) is 0 Å². The molecule has 0 fully saturated rings. The Morgan fingerprint density at radius 2 is 1.75 bits per heavy atom. The molecule has 0 radical (unpaired) electrons. The maximum atomic E-state index is 4.22. The van der Waals surface area contributed by atoms with Gasteiger partial charge in [0, 0.05) is 6.20 Å². The molecule has 0 saturated heterocycles. The lowest BCUT2D eigenvalue weighted by molar-refractivity contribution is 0.813. The zero-order valence-corrected chi connectivity index (χ0v) is 10.7. The van der Waals surface area contributed by atoms with Gasteiger partial charge in [-0.15, -0.1) is 0 Å². The topological polar surface area (TPSA) is 12.9 Å². The number of pyridine rings is 1. The lowest BCUT2D eigenvalue weighted by atomic mass is 10.1. The summed E-state index contributed by atoms with van der Waals surface area (Å²) in [5.41, 5.74) is 2.70. The number of nitrogens with zero attached hydrogens (tertiary/aromatic N) is 1. The molecule has 0 spiro atoms. The second kappa shape index (κ2) is 5.80. The average molecular weight is 276 g/mol. The van der Waals surface area contributed by atoms with Crippen molar-refractivity contribution in [3.05, 3.63) is 64.4 Å².